The maximum Gasteiger partial charge on any atom is 0.115 e. The molecular formula is C11H15NO2. The summed E-state index contributed by atoms with van der Waals surface area (Å²) in [5, 5.41) is 21.6. The number of aliphatic hydroxyl groups excluding tert-OH is 1. The fraction of sp³-hybridized carbons (Fsp3) is 0.455. The quantitative estimate of drug-likeness (QED) is 0.656. The Bertz CT molecular complexity index is 298. The van der Waals surface area contributed by atoms with Crippen LogP contribution in [0.25, 0.3) is 0 Å². The Morgan fingerprint density at radius 1 is 1.21 bits per heavy atom. The molecule has 1 aromatic carbocycles. The van der Waals surface area contributed by atoms with Crippen molar-refractivity contribution < 1.29 is 10.2 Å². The van der Waals surface area contributed by atoms with Crippen LogP contribution in [0.5, 0.6) is 5.75 Å². The summed E-state index contributed by atoms with van der Waals surface area (Å²) in [5.41, 5.74) is 1.19. The van der Waals surface area contributed by atoms with Gasteiger partial charge >= 0.3 is 0 Å². The molecule has 0 unspecified atom stereocenters. The first-order valence-electron chi connectivity index (χ1n) is 4.84. The van der Waals surface area contributed by atoms with Gasteiger partial charge in [0.2, 0.25) is 0 Å². The van der Waals surface area contributed by atoms with Gasteiger partial charge in [-0.1, -0.05) is 12.1 Å². The van der Waals surface area contributed by atoms with Gasteiger partial charge in [0.15, 0.2) is 0 Å². The molecule has 1 fully saturated rings. The highest BCUT2D eigenvalue weighted by Crippen LogP contribution is 2.27. The minimum Gasteiger partial charge on any atom is -0.508 e. The summed E-state index contributed by atoms with van der Waals surface area (Å²) in [6.07, 6.45) is 0.872. The monoisotopic (exact) mass is 193 g/mol. The zero-order valence-electron chi connectivity index (χ0n) is 8.03. The third kappa shape index (κ3) is 1.74. The number of nitrogens with one attached hydrogen (secondary N) is 1. The lowest BCUT2D eigenvalue weighted by Gasteiger charge is -2.41. The molecule has 14 heavy (non-hydrogen) atoms. The minimum absolute atomic E-state index is 0.0248. The Labute approximate surface area is 83.4 Å². The Morgan fingerprint density at radius 2 is 1.86 bits per heavy atom. The van der Waals surface area contributed by atoms with Crippen molar-refractivity contribution in [2.24, 2.45) is 5.41 Å². The highest BCUT2D eigenvalue weighted by Gasteiger charge is 2.36. The second kappa shape index (κ2) is 3.59. The summed E-state index contributed by atoms with van der Waals surface area (Å²) >= 11 is 0. The normalized spacial score (nSPS) is 18.9. The largest absolute Gasteiger partial charge is 0.508 e. The number of benzene rings is 1. The Hall–Kier alpha value is -1.06. The standard InChI is InChI=1S/C11H15NO2/c13-8-11(6-12-7-11)5-9-1-3-10(14)4-2-9/h1-4,12-14H,5-8H2. The van der Waals surface area contributed by atoms with Gasteiger partial charge in [-0.05, 0) is 24.1 Å². The van der Waals surface area contributed by atoms with Crippen molar-refractivity contribution >= 4 is 0 Å². The lowest BCUT2D eigenvalue weighted by molar-refractivity contribution is 0.0687. The maximum atomic E-state index is 9.26. The van der Waals surface area contributed by atoms with Crippen LogP contribution in [-0.4, -0.2) is 29.9 Å². The van der Waals surface area contributed by atoms with Crippen LogP contribution >= 0.6 is 0 Å². The third-order valence-electron chi connectivity index (χ3n) is 2.85. The average molecular weight is 193 g/mol. The molecule has 3 heteroatoms. The molecule has 3 nitrogen and oxygen atoms in total. The van der Waals surface area contributed by atoms with E-state index in [0.29, 0.717) is 5.75 Å². The van der Waals surface area contributed by atoms with E-state index in [1.165, 1.54) is 5.56 Å². The van der Waals surface area contributed by atoms with Gasteiger partial charge in [-0.25, -0.2) is 0 Å². The van der Waals surface area contributed by atoms with E-state index in [1.807, 2.05) is 12.1 Å². The van der Waals surface area contributed by atoms with Gasteiger partial charge in [0.05, 0.1) is 6.61 Å². The van der Waals surface area contributed by atoms with E-state index in [4.69, 9.17) is 5.11 Å². The van der Waals surface area contributed by atoms with E-state index in [-0.39, 0.29) is 12.0 Å². The molecule has 1 aromatic rings. The smallest absolute Gasteiger partial charge is 0.115 e. The number of phenols is 1. The molecular weight excluding hydrogens is 178 g/mol. The molecule has 0 saturated carbocycles. The topological polar surface area (TPSA) is 52.5 Å². The van der Waals surface area contributed by atoms with Crippen LogP contribution in [0.1, 0.15) is 5.56 Å². The Kier molecular flexibility index (Phi) is 2.44. The summed E-state index contributed by atoms with van der Waals surface area (Å²) in [7, 11) is 0. The minimum atomic E-state index is 0.0248. The lowest BCUT2D eigenvalue weighted by Crippen LogP contribution is -2.56. The van der Waals surface area contributed by atoms with Crippen molar-refractivity contribution in [1.29, 1.82) is 0 Å². The summed E-state index contributed by atoms with van der Waals surface area (Å²) in [6.45, 7) is 1.98. The highest BCUT2D eigenvalue weighted by atomic mass is 16.3. The molecule has 0 atom stereocenters. The molecule has 0 bridgehead atoms. The van der Waals surface area contributed by atoms with Crippen molar-refractivity contribution in [1.82, 2.24) is 5.32 Å². The maximum absolute atomic E-state index is 9.26. The molecule has 0 radical (unpaired) electrons. The van der Waals surface area contributed by atoms with Crippen LogP contribution < -0.4 is 5.32 Å². The molecule has 1 saturated heterocycles. The van der Waals surface area contributed by atoms with Crippen LogP contribution in [0.3, 0.4) is 0 Å². The SMILES string of the molecule is OCC1(Cc2ccc(O)cc2)CNC1. The van der Waals surface area contributed by atoms with E-state index < -0.39 is 0 Å². The molecule has 0 spiro atoms. The number of aromatic hydroxyl groups is 1. The van der Waals surface area contributed by atoms with Crippen LogP contribution in [0.4, 0.5) is 0 Å². The van der Waals surface area contributed by atoms with Crippen LogP contribution in [0.2, 0.25) is 0 Å². The summed E-state index contributed by atoms with van der Waals surface area (Å²) in [4.78, 5) is 0. The molecule has 76 valence electrons. The van der Waals surface area contributed by atoms with E-state index >= 15 is 0 Å². The van der Waals surface area contributed by atoms with E-state index in [2.05, 4.69) is 5.32 Å². The van der Waals surface area contributed by atoms with Gasteiger partial charge in [0, 0.05) is 18.5 Å². The van der Waals surface area contributed by atoms with Crippen molar-refractivity contribution in [2.75, 3.05) is 19.7 Å². The molecule has 1 aliphatic heterocycles. The van der Waals surface area contributed by atoms with Crippen LogP contribution in [0.15, 0.2) is 24.3 Å². The van der Waals surface area contributed by atoms with Gasteiger partial charge in [-0.15, -0.1) is 0 Å². The Morgan fingerprint density at radius 3 is 2.29 bits per heavy atom. The van der Waals surface area contributed by atoms with Crippen LogP contribution in [-0.2, 0) is 6.42 Å². The zero-order valence-corrected chi connectivity index (χ0v) is 8.03. The summed E-state index contributed by atoms with van der Waals surface area (Å²) < 4.78 is 0. The predicted molar refractivity (Wildman–Crippen MR) is 54.2 cm³/mol. The van der Waals surface area contributed by atoms with E-state index in [9.17, 15) is 5.11 Å². The highest BCUT2D eigenvalue weighted by molar-refractivity contribution is 5.27. The summed E-state index contributed by atoms with van der Waals surface area (Å²) in [6, 6.07) is 7.19. The number of rotatable bonds is 3. The number of aliphatic hydroxyl groups is 1. The molecule has 2 rings (SSSR count). The zero-order chi connectivity index (χ0) is 10.0. The lowest BCUT2D eigenvalue weighted by atomic mass is 9.77. The van der Waals surface area contributed by atoms with E-state index in [1.54, 1.807) is 12.1 Å². The molecule has 0 aromatic heterocycles. The summed E-state index contributed by atoms with van der Waals surface area (Å²) in [5.74, 6) is 0.290. The van der Waals surface area contributed by atoms with Gasteiger partial charge in [-0.2, -0.15) is 0 Å². The first kappa shape index (κ1) is 9.49. The predicted octanol–water partition coefficient (Wildman–Crippen LogP) is 0.517. The first-order valence-corrected chi connectivity index (χ1v) is 4.84. The number of phenolic OH excluding ortho intramolecular Hbond substituents is 1. The van der Waals surface area contributed by atoms with Gasteiger partial charge in [-0.3, -0.25) is 0 Å². The molecule has 0 aliphatic carbocycles. The Balaban J connectivity index is 2.06. The fourth-order valence-electron chi connectivity index (χ4n) is 1.82. The molecule has 1 heterocycles. The van der Waals surface area contributed by atoms with Gasteiger partial charge in [0.1, 0.15) is 5.75 Å². The van der Waals surface area contributed by atoms with E-state index in [0.717, 1.165) is 19.5 Å². The second-order valence-electron chi connectivity index (χ2n) is 4.10. The van der Waals surface area contributed by atoms with Crippen molar-refractivity contribution in [2.45, 2.75) is 6.42 Å². The van der Waals surface area contributed by atoms with Crippen molar-refractivity contribution in [3.05, 3.63) is 29.8 Å². The first-order chi connectivity index (χ1) is 6.74. The van der Waals surface area contributed by atoms with Gasteiger partial charge < -0.3 is 15.5 Å². The third-order valence-corrected chi connectivity index (χ3v) is 2.85. The average Bonchev–Trinajstić information content (AvgIpc) is 2.15. The molecule has 1 aliphatic rings. The second-order valence-corrected chi connectivity index (χ2v) is 4.10. The fourth-order valence-corrected chi connectivity index (χ4v) is 1.82. The molecule has 0 amide bonds. The van der Waals surface area contributed by atoms with Gasteiger partial charge in [0.25, 0.3) is 0 Å². The number of hydrogen-bond donors (Lipinski definition) is 3. The molecule has 3 N–H and O–H groups in total. The van der Waals surface area contributed by atoms with Crippen molar-refractivity contribution in [3.8, 4) is 5.75 Å². The van der Waals surface area contributed by atoms with Crippen LogP contribution in [0, 0.1) is 5.41 Å². The van der Waals surface area contributed by atoms with Crippen molar-refractivity contribution in [3.63, 3.8) is 0 Å². The number of hydrogen-bond acceptors (Lipinski definition) is 3.